The number of aliphatic carboxylic acids is 1. The Hall–Kier alpha value is -1.92. The van der Waals surface area contributed by atoms with Crippen LogP contribution in [-0.2, 0) is 11.3 Å². The van der Waals surface area contributed by atoms with E-state index in [9.17, 15) is 14.7 Å². The third-order valence-corrected chi connectivity index (χ3v) is 3.38. The van der Waals surface area contributed by atoms with Gasteiger partial charge in [0.05, 0.1) is 0 Å². The van der Waals surface area contributed by atoms with Crippen LogP contribution in [-0.4, -0.2) is 34.3 Å². The van der Waals surface area contributed by atoms with Gasteiger partial charge in [-0.15, -0.1) is 5.43 Å². The number of benzene rings is 1. The van der Waals surface area contributed by atoms with Crippen molar-refractivity contribution in [2.24, 2.45) is 0 Å². The Kier molecular flexibility index (Phi) is 3.82. The van der Waals surface area contributed by atoms with Crippen LogP contribution in [0.25, 0.3) is 0 Å². The number of rotatable bonds is 3. The van der Waals surface area contributed by atoms with Crippen LogP contribution in [0.1, 0.15) is 18.4 Å². The minimum absolute atomic E-state index is 0.174. The molecule has 19 heavy (non-hydrogen) atoms. The van der Waals surface area contributed by atoms with E-state index >= 15 is 0 Å². The van der Waals surface area contributed by atoms with Gasteiger partial charge in [0.15, 0.2) is 6.04 Å². The summed E-state index contributed by atoms with van der Waals surface area (Å²) in [5.74, 6) is -1.03. The van der Waals surface area contributed by atoms with E-state index in [0.29, 0.717) is 19.4 Å². The van der Waals surface area contributed by atoms with Crippen LogP contribution in [0.3, 0.4) is 0 Å². The number of carbonyl (C=O) groups is 2. The molecule has 6 nitrogen and oxygen atoms in total. The number of nitrogens with zero attached hydrogens (tertiary/aromatic N) is 1. The van der Waals surface area contributed by atoms with E-state index in [-0.39, 0.29) is 6.54 Å². The zero-order valence-electron chi connectivity index (χ0n) is 10.4. The van der Waals surface area contributed by atoms with Crippen molar-refractivity contribution in [1.82, 2.24) is 5.43 Å². The molecule has 1 unspecified atom stereocenters. The van der Waals surface area contributed by atoms with E-state index in [1.165, 1.54) is 0 Å². The van der Waals surface area contributed by atoms with Crippen molar-refractivity contribution in [3.63, 3.8) is 0 Å². The highest BCUT2D eigenvalue weighted by molar-refractivity contribution is 5.73. The number of hydrogen-bond acceptors (Lipinski definition) is 4. The zero-order valence-corrected chi connectivity index (χ0v) is 10.4. The van der Waals surface area contributed by atoms with Crippen molar-refractivity contribution in [3.05, 3.63) is 35.9 Å². The van der Waals surface area contributed by atoms with Crippen LogP contribution in [0.2, 0.25) is 0 Å². The fourth-order valence-corrected chi connectivity index (χ4v) is 2.40. The monoisotopic (exact) mass is 264 g/mol. The van der Waals surface area contributed by atoms with Gasteiger partial charge >= 0.3 is 5.97 Å². The molecular weight excluding hydrogens is 248 g/mol. The molecule has 1 aliphatic heterocycles. The summed E-state index contributed by atoms with van der Waals surface area (Å²) in [7, 11) is 0. The lowest BCUT2D eigenvalue weighted by atomic mass is 10.1. The lowest BCUT2D eigenvalue weighted by Gasteiger charge is -2.42. The molecule has 2 rings (SSSR count). The predicted octanol–water partition coefficient (Wildman–Crippen LogP) is 0.0983. The molecule has 0 saturated carbocycles. The Bertz CT molecular complexity index is 477. The number of carboxylic acids is 1. The largest absolute Gasteiger partial charge is 0.497 e. The first-order valence-electron chi connectivity index (χ1n) is 6.17. The summed E-state index contributed by atoms with van der Waals surface area (Å²) in [6.45, 7) is 0.494. The van der Waals surface area contributed by atoms with Gasteiger partial charge in [0.1, 0.15) is 13.1 Å². The van der Waals surface area contributed by atoms with E-state index in [0.717, 1.165) is 5.56 Å². The molecule has 6 heteroatoms. The maximum atomic E-state index is 11.5. The van der Waals surface area contributed by atoms with Gasteiger partial charge in [0, 0.05) is 12.0 Å². The number of carboxylic acid groups (broad SMARTS) is 2. The van der Waals surface area contributed by atoms with Gasteiger partial charge in [-0.05, 0) is 6.42 Å². The van der Waals surface area contributed by atoms with Gasteiger partial charge in [0.25, 0.3) is 6.09 Å². The SMILES string of the molecule is O=C(O)C1CCC[N@+](Cc2ccccc2)(C(=O)[O-])N1. The molecule has 0 bridgehead atoms. The molecule has 1 aliphatic rings. The average molecular weight is 264 g/mol. The highest BCUT2D eigenvalue weighted by Gasteiger charge is 2.40. The van der Waals surface area contributed by atoms with Gasteiger partial charge in [-0.25, -0.2) is 0 Å². The van der Waals surface area contributed by atoms with Gasteiger partial charge in [0.2, 0.25) is 0 Å². The minimum atomic E-state index is -1.30. The molecule has 0 spiro atoms. The van der Waals surface area contributed by atoms with E-state index in [1.54, 1.807) is 0 Å². The van der Waals surface area contributed by atoms with E-state index in [4.69, 9.17) is 5.11 Å². The van der Waals surface area contributed by atoms with Crippen molar-refractivity contribution in [2.45, 2.75) is 25.4 Å². The lowest BCUT2D eigenvalue weighted by Crippen LogP contribution is -2.71. The molecule has 0 aliphatic carbocycles. The zero-order chi connectivity index (χ0) is 13.9. The number of nitrogens with one attached hydrogen (secondary N) is 1. The van der Waals surface area contributed by atoms with Gasteiger partial charge in [-0.3, -0.25) is 4.79 Å². The summed E-state index contributed by atoms with van der Waals surface area (Å²) in [4.78, 5) is 22.5. The van der Waals surface area contributed by atoms with E-state index < -0.39 is 22.7 Å². The average Bonchev–Trinajstić information content (AvgIpc) is 2.40. The maximum absolute atomic E-state index is 11.5. The molecule has 1 aromatic carbocycles. The highest BCUT2D eigenvalue weighted by atomic mass is 16.4. The maximum Gasteiger partial charge on any atom is 0.326 e. The van der Waals surface area contributed by atoms with Crippen LogP contribution < -0.4 is 10.5 Å². The topological polar surface area (TPSA) is 89.5 Å². The van der Waals surface area contributed by atoms with E-state index in [2.05, 4.69) is 5.43 Å². The number of carbonyl (C=O) groups excluding carboxylic acids is 1. The third-order valence-electron chi connectivity index (χ3n) is 3.38. The Morgan fingerprint density at radius 3 is 2.63 bits per heavy atom. The quantitative estimate of drug-likeness (QED) is 0.756. The third kappa shape index (κ3) is 2.91. The normalized spacial score (nSPS) is 26.8. The molecule has 1 aromatic rings. The van der Waals surface area contributed by atoms with Crippen molar-refractivity contribution >= 4 is 12.1 Å². The first-order valence-corrected chi connectivity index (χ1v) is 6.17. The summed E-state index contributed by atoms with van der Waals surface area (Å²) in [6, 6.07) is 8.26. The van der Waals surface area contributed by atoms with Crippen molar-refractivity contribution < 1.29 is 24.4 Å². The second-order valence-corrected chi connectivity index (χ2v) is 4.76. The van der Waals surface area contributed by atoms with Crippen molar-refractivity contribution in [3.8, 4) is 0 Å². The van der Waals surface area contributed by atoms with Gasteiger partial charge in [-0.1, -0.05) is 30.3 Å². The predicted molar refractivity (Wildman–Crippen MR) is 64.5 cm³/mol. The summed E-state index contributed by atoms with van der Waals surface area (Å²) < 4.78 is -0.541. The van der Waals surface area contributed by atoms with Crippen molar-refractivity contribution in [2.75, 3.05) is 6.54 Å². The Morgan fingerprint density at radius 1 is 1.37 bits per heavy atom. The molecule has 1 heterocycles. The van der Waals surface area contributed by atoms with Crippen LogP contribution in [0, 0.1) is 0 Å². The number of amides is 1. The smallest absolute Gasteiger partial charge is 0.326 e. The first-order chi connectivity index (χ1) is 9.03. The molecule has 102 valence electrons. The lowest BCUT2D eigenvalue weighted by molar-refractivity contribution is -0.936. The number of quaternary nitrogens is 1. The Morgan fingerprint density at radius 2 is 2.05 bits per heavy atom. The Balaban J connectivity index is 2.23. The van der Waals surface area contributed by atoms with Crippen molar-refractivity contribution in [1.29, 1.82) is 0 Å². The van der Waals surface area contributed by atoms with Crippen LogP contribution in [0.5, 0.6) is 0 Å². The Labute approximate surface area is 110 Å². The number of hydrogen-bond donors (Lipinski definition) is 2. The van der Waals surface area contributed by atoms with Crippen LogP contribution >= 0.6 is 0 Å². The molecule has 2 atom stereocenters. The molecule has 1 amide bonds. The fraction of sp³-hybridized carbons (Fsp3) is 0.385. The molecule has 2 N–H and O–H groups in total. The molecule has 0 aromatic heterocycles. The first kappa shape index (κ1) is 13.5. The summed E-state index contributed by atoms with van der Waals surface area (Å²) >= 11 is 0. The molecule has 1 saturated heterocycles. The molecule has 0 radical (unpaired) electrons. The minimum Gasteiger partial charge on any atom is -0.497 e. The fourth-order valence-electron chi connectivity index (χ4n) is 2.40. The molecular formula is C13H16N2O4. The highest BCUT2D eigenvalue weighted by Crippen LogP contribution is 2.19. The summed E-state index contributed by atoms with van der Waals surface area (Å²) in [6.07, 6.45) is -0.336. The summed E-state index contributed by atoms with van der Waals surface area (Å²) in [5, 5.41) is 20.5. The second-order valence-electron chi connectivity index (χ2n) is 4.76. The molecule has 1 fully saturated rings. The van der Waals surface area contributed by atoms with Gasteiger partial charge in [-0.2, -0.15) is 4.59 Å². The second kappa shape index (κ2) is 5.38. The van der Waals surface area contributed by atoms with E-state index in [1.807, 2.05) is 30.3 Å². The van der Waals surface area contributed by atoms with Crippen LogP contribution in [0.4, 0.5) is 4.79 Å². The summed E-state index contributed by atoms with van der Waals surface area (Å²) in [5.41, 5.74) is 3.51. The van der Waals surface area contributed by atoms with Gasteiger partial charge < -0.3 is 15.0 Å². The standard InChI is InChI=1S/C13H16N2O4/c16-12(17)11-7-4-8-15(14-11,13(18)19)9-10-5-2-1-3-6-10/h1-3,5-6,11,14H,4,7-9H2,(H-,16,17,18,19)/t11?,15-/m0/s1. The van der Waals surface area contributed by atoms with Crippen LogP contribution in [0.15, 0.2) is 30.3 Å².